The molecule has 0 unspecified atom stereocenters. The van der Waals surface area contributed by atoms with Crippen LogP contribution in [0, 0.1) is 0 Å². The predicted molar refractivity (Wildman–Crippen MR) is 117 cm³/mol. The Kier molecular flexibility index (Phi) is 5.73. The van der Waals surface area contributed by atoms with Gasteiger partial charge in [-0.1, -0.05) is 25.0 Å². The first-order valence-corrected chi connectivity index (χ1v) is 12.1. The fraction of sp³-hybridized carbons (Fsp3) is 0.435. The van der Waals surface area contributed by atoms with Crippen molar-refractivity contribution in [2.24, 2.45) is 0 Å². The van der Waals surface area contributed by atoms with Crippen LogP contribution < -0.4 is 14.4 Å². The van der Waals surface area contributed by atoms with Crippen molar-refractivity contribution in [1.82, 2.24) is 5.32 Å². The number of carbonyl (C=O) groups excluding carboxylic acids is 1. The minimum absolute atomic E-state index is 0.138. The predicted octanol–water partition coefficient (Wildman–Crippen LogP) is 3.82. The molecule has 1 heterocycles. The summed E-state index contributed by atoms with van der Waals surface area (Å²) in [6.07, 6.45) is 5.49. The second-order valence-corrected chi connectivity index (χ2v) is 10.1. The molecule has 0 atom stereocenters. The molecule has 160 valence electrons. The van der Waals surface area contributed by atoms with E-state index < -0.39 is 10.0 Å². The molecule has 7 heteroatoms. The number of benzene rings is 2. The van der Waals surface area contributed by atoms with Crippen molar-refractivity contribution in [2.45, 2.75) is 44.1 Å². The van der Waals surface area contributed by atoms with Crippen LogP contribution >= 0.6 is 0 Å². The molecular formula is C23H28N2O4S. The number of ether oxygens (including phenoxy) is 1. The van der Waals surface area contributed by atoms with Crippen LogP contribution in [0.25, 0.3) is 0 Å². The van der Waals surface area contributed by atoms with Gasteiger partial charge in [-0.05, 0) is 67.6 Å². The molecule has 1 N–H and O–H groups in total. The molecule has 2 aromatic rings. The van der Waals surface area contributed by atoms with Gasteiger partial charge in [-0.3, -0.25) is 9.10 Å². The van der Waals surface area contributed by atoms with E-state index in [1.165, 1.54) is 4.31 Å². The van der Waals surface area contributed by atoms with E-state index in [-0.39, 0.29) is 17.2 Å². The Hall–Kier alpha value is -2.54. The van der Waals surface area contributed by atoms with Gasteiger partial charge in [0.05, 0.1) is 24.1 Å². The lowest BCUT2D eigenvalue weighted by atomic mass is 9.87. The third-order valence-corrected chi connectivity index (χ3v) is 8.09. The van der Waals surface area contributed by atoms with E-state index in [9.17, 15) is 13.2 Å². The number of sulfonamides is 1. The summed E-state index contributed by atoms with van der Waals surface area (Å²) in [5.41, 5.74) is 1.87. The van der Waals surface area contributed by atoms with Gasteiger partial charge in [0.25, 0.3) is 5.91 Å². The molecule has 2 fully saturated rings. The first-order chi connectivity index (χ1) is 14.4. The first-order valence-electron chi connectivity index (χ1n) is 10.5. The van der Waals surface area contributed by atoms with Gasteiger partial charge >= 0.3 is 0 Å². The minimum Gasteiger partial charge on any atom is -0.497 e. The van der Waals surface area contributed by atoms with Crippen molar-refractivity contribution >= 4 is 21.6 Å². The molecule has 1 aliphatic carbocycles. The quantitative estimate of drug-likeness (QED) is 0.785. The van der Waals surface area contributed by atoms with E-state index in [1.807, 2.05) is 24.3 Å². The Morgan fingerprint density at radius 1 is 0.967 bits per heavy atom. The summed E-state index contributed by atoms with van der Waals surface area (Å²) in [4.78, 5) is 13.0. The summed E-state index contributed by atoms with van der Waals surface area (Å²) in [6.45, 7) is 0.495. The molecule has 0 aromatic heterocycles. The van der Waals surface area contributed by atoms with Gasteiger partial charge in [0.2, 0.25) is 10.0 Å². The zero-order valence-electron chi connectivity index (χ0n) is 17.3. The molecule has 1 amide bonds. The highest BCUT2D eigenvalue weighted by molar-refractivity contribution is 7.92. The number of carbonyl (C=O) groups is 1. The van der Waals surface area contributed by atoms with Gasteiger partial charge < -0.3 is 10.1 Å². The van der Waals surface area contributed by atoms with E-state index in [0.29, 0.717) is 24.2 Å². The number of rotatable bonds is 5. The Bertz CT molecular complexity index is 995. The summed E-state index contributed by atoms with van der Waals surface area (Å²) >= 11 is 0. The third kappa shape index (κ3) is 4.03. The van der Waals surface area contributed by atoms with Gasteiger partial charge in [-0.25, -0.2) is 8.42 Å². The maximum Gasteiger partial charge on any atom is 0.251 e. The van der Waals surface area contributed by atoms with Gasteiger partial charge in [-0.15, -0.1) is 0 Å². The number of nitrogens with one attached hydrogen (secondary N) is 1. The normalized spacial score (nSPS) is 20.0. The monoisotopic (exact) mass is 428 g/mol. The van der Waals surface area contributed by atoms with Crippen LogP contribution in [0.2, 0.25) is 0 Å². The van der Waals surface area contributed by atoms with Crippen LogP contribution in [-0.4, -0.2) is 33.7 Å². The lowest BCUT2D eigenvalue weighted by Gasteiger charge is -2.31. The van der Waals surface area contributed by atoms with Crippen LogP contribution in [-0.2, 0) is 15.6 Å². The van der Waals surface area contributed by atoms with Crippen LogP contribution in [0.5, 0.6) is 5.75 Å². The Labute approximate surface area is 178 Å². The second kappa shape index (κ2) is 8.30. The van der Waals surface area contributed by atoms with Gasteiger partial charge in [0.15, 0.2) is 0 Å². The van der Waals surface area contributed by atoms with Gasteiger partial charge in [0.1, 0.15) is 5.75 Å². The van der Waals surface area contributed by atoms with Crippen LogP contribution in [0.15, 0.2) is 48.5 Å². The van der Waals surface area contributed by atoms with Crippen molar-refractivity contribution in [2.75, 3.05) is 23.7 Å². The molecule has 2 aromatic carbocycles. The molecule has 6 nitrogen and oxygen atoms in total. The Morgan fingerprint density at radius 3 is 2.23 bits per heavy atom. The van der Waals surface area contributed by atoms with Crippen molar-refractivity contribution in [3.8, 4) is 5.75 Å². The molecule has 0 spiro atoms. The lowest BCUT2D eigenvalue weighted by Crippen LogP contribution is -2.43. The molecular weight excluding hydrogens is 400 g/mol. The molecule has 1 aliphatic heterocycles. The van der Waals surface area contributed by atoms with Crippen LogP contribution in [0.1, 0.15) is 54.4 Å². The van der Waals surface area contributed by atoms with Gasteiger partial charge in [0, 0.05) is 12.1 Å². The molecule has 0 bridgehead atoms. The van der Waals surface area contributed by atoms with Crippen LogP contribution in [0.3, 0.4) is 0 Å². The van der Waals surface area contributed by atoms with E-state index in [0.717, 1.165) is 43.4 Å². The number of anilines is 1. The standard InChI is InChI=1S/C23H28N2O4S/c1-29-21-12-8-19(9-13-21)23(14-2-3-15-23)24-22(26)18-6-10-20(11-7-18)25-16-4-5-17-30(25,27)28/h6-13H,2-5,14-17H2,1H3,(H,24,26). The molecule has 2 aliphatic rings. The highest BCUT2D eigenvalue weighted by Gasteiger charge is 2.37. The maximum atomic E-state index is 13.0. The molecule has 1 saturated heterocycles. The average molecular weight is 429 g/mol. The minimum atomic E-state index is -3.26. The molecule has 4 rings (SSSR count). The van der Waals surface area contributed by atoms with Crippen molar-refractivity contribution in [3.05, 3.63) is 59.7 Å². The number of methoxy groups -OCH3 is 1. The third-order valence-electron chi connectivity index (χ3n) is 6.22. The van der Waals surface area contributed by atoms with E-state index in [2.05, 4.69) is 5.32 Å². The smallest absolute Gasteiger partial charge is 0.251 e. The second-order valence-electron chi connectivity index (χ2n) is 8.11. The SMILES string of the molecule is COc1ccc(C2(NC(=O)c3ccc(N4CCCCS4(=O)=O)cc3)CCCC2)cc1. The number of nitrogens with zero attached hydrogens (tertiary/aromatic N) is 1. The lowest BCUT2D eigenvalue weighted by molar-refractivity contribution is 0.0898. The average Bonchev–Trinajstić information content (AvgIpc) is 3.23. The summed E-state index contributed by atoms with van der Waals surface area (Å²) in [6, 6.07) is 14.8. The largest absolute Gasteiger partial charge is 0.497 e. The zero-order chi connectivity index (χ0) is 21.2. The van der Waals surface area contributed by atoms with E-state index >= 15 is 0 Å². The number of hydrogen-bond donors (Lipinski definition) is 1. The molecule has 30 heavy (non-hydrogen) atoms. The van der Waals surface area contributed by atoms with Crippen molar-refractivity contribution in [1.29, 1.82) is 0 Å². The summed E-state index contributed by atoms with van der Waals surface area (Å²) in [5, 5.41) is 3.27. The van der Waals surface area contributed by atoms with Crippen molar-refractivity contribution < 1.29 is 17.9 Å². The topological polar surface area (TPSA) is 75.7 Å². The van der Waals surface area contributed by atoms with E-state index in [1.54, 1.807) is 31.4 Å². The number of hydrogen-bond acceptors (Lipinski definition) is 4. The van der Waals surface area contributed by atoms with Gasteiger partial charge in [-0.2, -0.15) is 0 Å². The number of amides is 1. The molecule has 0 radical (unpaired) electrons. The molecule has 1 saturated carbocycles. The highest BCUT2D eigenvalue weighted by atomic mass is 32.2. The zero-order valence-corrected chi connectivity index (χ0v) is 18.1. The Balaban J connectivity index is 1.53. The fourth-order valence-electron chi connectivity index (χ4n) is 4.52. The van der Waals surface area contributed by atoms with E-state index in [4.69, 9.17) is 4.74 Å². The van der Waals surface area contributed by atoms with Crippen LogP contribution in [0.4, 0.5) is 5.69 Å². The summed E-state index contributed by atoms with van der Waals surface area (Å²) in [5.74, 6) is 0.835. The fourth-order valence-corrected chi connectivity index (χ4v) is 6.16. The Morgan fingerprint density at radius 2 is 1.63 bits per heavy atom. The maximum absolute atomic E-state index is 13.0. The van der Waals surface area contributed by atoms with Crippen molar-refractivity contribution in [3.63, 3.8) is 0 Å². The first kappa shape index (κ1) is 20.7. The summed E-state index contributed by atoms with van der Waals surface area (Å²) in [7, 11) is -1.62. The summed E-state index contributed by atoms with van der Waals surface area (Å²) < 4.78 is 31.3. The highest BCUT2D eigenvalue weighted by Crippen LogP contribution is 2.39.